The van der Waals surface area contributed by atoms with E-state index in [9.17, 15) is 4.79 Å². The highest BCUT2D eigenvalue weighted by atomic mass is 35.5. The molecule has 5 nitrogen and oxygen atoms in total. The topological polar surface area (TPSA) is 60.9 Å². The summed E-state index contributed by atoms with van der Waals surface area (Å²) in [5.41, 5.74) is 3.00. The first-order valence-corrected chi connectivity index (χ1v) is 13.0. The van der Waals surface area contributed by atoms with Crippen molar-refractivity contribution in [3.63, 3.8) is 0 Å². The molecule has 5 rings (SSSR count). The lowest BCUT2D eigenvalue weighted by Crippen LogP contribution is -2.08. The molecule has 1 saturated carbocycles. The van der Waals surface area contributed by atoms with Crippen molar-refractivity contribution < 1.29 is 9.21 Å². The van der Waals surface area contributed by atoms with Crippen LogP contribution in [-0.4, -0.2) is 26.3 Å². The van der Waals surface area contributed by atoms with Gasteiger partial charge in [0.25, 0.3) is 0 Å². The molecule has 0 spiro atoms. The molecule has 0 unspecified atom stereocenters. The molecule has 2 aromatic carbocycles. The highest BCUT2D eigenvalue weighted by molar-refractivity contribution is 7.99. The van der Waals surface area contributed by atoms with Gasteiger partial charge in [-0.25, -0.2) is 0 Å². The summed E-state index contributed by atoms with van der Waals surface area (Å²) in [5.74, 6) is 2.51. The van der Waals surface area contributed by atoms with Gasteiger partial charge in [-0.2, -0.15) is 0 Å². The first kappa shape index (κ1) is 22.9. The zero-order chi connectivity index (χ0) is 23.3. The lowest BCUT2D eigenvalue weighted by molar-refractivity contribution is 0.102. The minimum atomic E-state index is 0.0841. The molecule has 1 aliphatic rings. The number of thioether (sulfide) groups is 1. The van der Waals surface area contributed by atoms with Gasteiger partial charge in [0.05, 0.1) is 18.6 Å². The van der Waals surface area contributed by atoms with E-state index in [4.69, 9.17) is 16.0 Å². The SMILES string of the molecule is O=C(CSc1nnc(-c2ccc(Cl)cc2)n1Cc1ccco1)c1ccc(C2CCCCC2)cc1. The van der Waals surface area contributed by atoms with Gasteiger partial charge in [-0.1, -0.05) is 66.9 Å². The van der Waals surface area contributed by atoms with E-state index in [1.807, 2.05) is 53.1 Å². The largest absolute Gasteiger partial charge is 0.467 e. The summed E-state index contributed by atoms with van der Waals surface area (Å²) >= 11 is 7.45. The Morgan fingerprint density at radius 2 is 1.76 bits per heavy atom. The van der Waals surface area contributed by atoms with Crippen molar-refractivity contribution in [1.29, 1.82) is 0 Å². The monoisotopic (exact) mass is 491 g/mol. The molecule has 4 aromatic rings. The van der Waals surface area contributed by atoms with E-state index in [1.165, 1.54) is 49.4 Å². The van der Waals surface area contributed by atoms with Crippen LogP contribution in [0.3, 0.4) is 0 Å². The number of carbonyl (C=O) groups excluding carboxylic acids is 1. The van der Waals surface area contributed by atoms with E-state index in [0.717, 1.165) is 16.9 Å². The molecule has 34 heavy (non-hydrogen) atoms. The van der Waals surface area contributed by atoms with Crippen LogP contribution in [0.5, 0.6) is 0 Å². The second-order valence-electron chi connectivity index (χ2n) is 8.65. The molecule has 1 fully saturated rings. The molecule has 174 valence electrons. The number of hydrogen-bond donors (Lipinski definition) is 0. The van der Waals surface area contributed by atoms with Crippen molar-refractivity contribution in [2.75, 3.05) is 5.75 Å². The quantitative estimate of drug-likeness (QED) is 0.192. The lowest BCUT2D eigenvalue weighted by Gasteiger charge is -2.22. The van der Waals surface area contributed by atoms with Crippen LogP contribution in [0.2, 0.25) is 5.02 Å². The van der Waals surface area contributed by atoms with Crippen molar-refractivity contribution >= 4 is 29.1 Å². The molecule has 2 heterocycles. The van der Waals surface area contributed by atoms with Crippen molar-refractivity contribution in [1.82, 2.24) is 14.8 Å². The van der Waals surface area contributed by atoms with Crippen LogP contribution in [0.25, 0.3) is 11.4 Å². The van der Waals surface area contributed by atoms with Gasteiger partial charge < -0.3 is 4.42 Å². The van der Waals surface area contributed by atoms with Crippen molar-refractivity contribution in [3.05, 3.63) is 88.8 Å². The van der Waals surface area contributed by atoms with Gasteiger partial charge in [0, 0.05) is 16.1 Å². The predicted molar refractivity (Wildman–Crippen MR) is 136 cm³/mol. The second kappa shape index (κ2) is 10.6. The zero-order valence-corrected chi connectivity index (χ0v) is 20.4. The molecule has 0 saturated heterocycles. The maximum Gasteiger partial charge on any atom is 0.192 e. The van der Waals surface area contributed by atoms with Crippen LogP contribution in [0.1, 0.15) is 59.7 Å². The highest BCUT2D eigenvalue weighted by Crippen LogP contribution is 2.33. The van der Waals surface area contributed by atoms with Gasteiger partial charge in [-0.05, 0) is 60.7 Å². The van der Waals surface area contributed by atoms with E-state index in [-0.39, 0.29) is 5.78 Å². The Morgan fingerprint density at radius 1 is 1.00 bits per heavy atom. The fourth-order valence-corrected chi connectivity index (χ4v) is 5.46. The molecule has 0 N–H and O–H groups in total. The summed E-state index contributed by atoms with van der Waals surface area (Å²) < 4.78 is 7.53. The standard InChI is InChI=1S/C27H26ClN3O2S/c28-23-14-12-22(13-15-23)26-29-30-27(31(26)17-24-7-4-16-33-24)34-18-25(32)21-10-8-20(9-11-21)19-5-2-1-3-6-19/h4,7-16,19H,1-3,5-6,17-18H2. The first-order valence-electron chi connectivity index (χ1n) is 11.6. The van der Waals surface area contributed by atoms with Gasteiger partial charge in [-0.3, -0.25) is 9.36 Å². The summed E-state index contributed by atoms with van der Waals surface area (Å²) in [6.07, 6.45) is 8.11. The first-order chi connectivity index (χ1) is 16.7. The van der Waals surface area contributed by atoms with Crippen LogP contribution in [-0.2, 0) is 6.54 Å². The maximum absolute atomic E-state index is 12.9. The summed E-state index contributed by atoms with van der Waals surface area (Å²) in [7, 11) is 0. The molecule has 0 atom stereocenters. The minimum Gasteiger partial charge on any atom is -0.467 e. The highest BCUT2D eigenvalue weighted by Gasteiger charge is 2.19. The van der Waals surface area contributed by atoms with Crippen LogP contribution in [0.15, 0.2) is 76.5 Å². The average Bonchev–Trinajstić information content (AvgIpc) is 3.54. The molecular weight excluding hydrogens is 466 g/mol. The zero-order valence-electron chi connectivity index (χ0n) is 18.8. The van der Waals surface area contributed by atoms with Gasteiger partial charge >= 0.3 is 0 Å². The van der Waals surface area contributed by atoms with Gasteiger partial charge in [0.2, 0.25) is 0 Å². The Kier molecular flexibility index (Phi) is 7.16. The number of halogens is 1. The van der Waals surface area contributed by atoms with Crippen LogP contribution >= 0.6 is 23.4 Å². The number of Topliss-reactive ketones (excluding diaryl/α,β-unsaturated/α-hetero) is 1. The predicted octanol–water partition coefficient (Wildman–Crippen LogP) is 7.26. The third-order valence-electron chi connectivity index (χ3n) is 6.35. The normalized spacial score (nSPS) is 14.4. The number of carbonyl (C=O) groups is 1. The molecule has 2 aromatic heterocycles. The van der Waals surface area contributed by atoms with Crippen molar-refractivity contribution in [2.45, 2.75) is 49.7 Å². The third kappa shape index (κ3) is 5.29. The fraction of sp³-hybridized carbons (Fsp3) is 0.296. The van der Waals surface area contributed by atoms with Crippen LogP contribution < -0.4 is 0 Å². The average molecular weight is 492 g/mol. The number of aromatic nitrogens is 3. The second-order valence-corrected chi connectivity index (χ2v) is 10.0. The fourth-order valence-electron chi connectivity index (χ4n) is 4.50. The molecular formula is C27H26ClN3O2S. The van der Waals surface area contributed by atoms with Crippen LogP contribution in [0, 0.1) is 0 Å². The Bertz CT molecular complexity index is 1230. The minimum absolute atomic E-state index is 0.0841. The number of benzene rings is 2. The van der Waals surface area contributed by atoms with E-state index in [2.05, 4.69) is 22.3 Å². The Morgan fingerprint density at radius 3 is 2.47 bits per heavy atom. The molecule has 0 amide bonds. The molecule has 0 aliphatic heterocycles. The maximum atomic E-state index is 12.9. The van der Waals surface area contributed by atoms with Crippen molar-refractivity contribution in [3.8, 4) is 11.4 Å². The summed E-state index contributed by atoms with van der Waals surface area (Å²) in [6.45, 7) is 0.477. The van der Waals surface area contributed by atoms with E-state index in [0.29, 0.717) is 34.2 Å². The molecule has 1 aliphatic carbocycles. The third-order valence-corrected chi connectivity index (χ3v) is 7.57. The number of rotatable bonds is 8. The Balaban J connectivity index is 1.31. The molecule has 0 bridgehead atoms. The summed E-state index contributed by atoms with van der Waals surface area (Å²) in [4.78, 5) is 12.9. The smallest absolute Gasteiger partial charge is 0.192 e. The number of furan rings is 1. The number of ketones is 1. The van der Waals surface area contributed by atoms with Gasteiger partial charge in [-0.15, -0.1) is 10.2 Å². The van der Waals surface area contributed by atoms with Crippen molar-refractivity contribution in [2.24, 2.45) is 0 Å². The van der Waals surface area contributed by atoms with Gasteiger partial charge in [0.15, 0.2) is 16.8 Å². The summed E-state index contributed by atoms with van der Waals surface area (Å²) in [6, 6.07) is 19.5. The lowest BCUT2D eigenvalue weighted by atomic mass is 9.84. The number of nitrogens with zero attached hydrogens (tertiary/aromatic N) is 3. The van der Waals surface area contributed by atoms with E-state index >= 15 is 0 Å². The Hall–Kier alpha value is -2.83. The molecule has 0 radical (unpaired) electrons. The molecule has 7 heteroatoms. The Labute approximate surface area is 208 Å². The van der Waals surface area contributed by atoms with Gasteiger partial charge in [0.1, 0.15) is 5.76 Å². The van der Waals surface area contributed by atoms with E-state index in [1.54, 1.807) is 6.26 Å². The van der Waals surface area contributed by atoms with E-state index < -0.39 is 0 Å². The van der Waals surface area contributed by atoms with Crippen LogP contribution in [0.4, 0.5) is 0 Å². The number of hydrogen-bond acceptors (Lipinski definition) is 5. The summed E-state index contributed by atoms with van der Waals surface area (Å²) in [5, 5.41) is 10.1.